The van der Waals surface area contributed by atoms with Crippen molar-refractivity contribution in [3.63, 3.8) is 0 Å². The van der Waals surface area contributed by atoms with Gasteiger partial charge in [0.25, 0.3) is 5.56 Å². The van der Waals surface area contributed by atoms with E-state index in [-0.39, 0.29) is 11.0 Å². The smallest absolute Gasteiger partial charge is 0.290 e. The highest BCUT2D eigenvalue weighted by atomic mass is 16.1. The number of aromatic amines is 1. The first-order valence-corrected chi connectivity index (χ1v) is 6.02. The standard InChI is InChI=1S/C14H19N3O/c1-14(2,3)12-11(15)13(18)17(16-12)9-10-7-5-4-6-8-10/h4-8,16H,9,15H2,1-3H3. The molecule has 0 aliphatic carbocycles. The fourth-order valence-corrected chi connectivity index (χ4v) is 1.95. The number of rotatable bonds is 2. The van der Waals surface area contributed by atoms with Crippen LogP contribution in [0.5, 0.6) is 0 Å². The maximum Gasteiger partial charge on any atom is 0.290 e. The van der Waals surface area contributed by atoms with Gasteiger partial charge in [0, 0.05) is 5.41 Å². The number of nitrogens with zero attached hydrogens (tertiary/aromatic N) is 1. The Morgan fingerprint density at radius 2 is 1.83 bits per heavy atom. The number of anilines is 1. The third-order valence-electron chi connectivity index (χ3n) is 2.93. The molecular formula is C14H19N3O. The topological polar surface area (TPSA) is 63.8 Å². The summed E-state index contributed by atoms with van der Waals surface area (Å²) in [4.78, 5) is 12.0. The summed E-state index contributed by atoms with van der Waals surface area (Å²) >= 11 is 0. The van der Waals surface area contributed by atoms with Gasteiger partial charge in [0.1, 0.15) is 5.69 Å². The van der Waals surface area contributed by atoms with E-state index >= 15 is 0 Å². The molecule has 18 heavy (non-hydrogen) atoms. The molecule has 0 saturated carbocycles. The van der Waals surface area contributed by atoms with E-state index in [1.165, 1.54) is 0 Å². The fourth-order valence-electron chi connectivity index (χ4n) is 1.95. The molecule has 96 valence electrons. The molecule has 2 aromatic rings. The van der Waals surface area contributed by atoms with Crippen LogP contribution in [0.2, 0.25) is 0 Å². The summed E-state index contributed by atoms with van der Waals surface area (Å²) in [6.45, 7) is 6.60. The minimum Gasteiger partial charge on any atom is -0.393 e. The van der Waals surface area contributed by atoms with Gasteiger partial charge in [0.2, 0.25) is 0 Å². The molecule has 0 bridgehead atoms. The second-order valence-electron chi connectivity index (χ2n) is 5.53. The molecule has 0 radical (unpaired) electrons. The summed E-state index contributed by atoms with van der Waals surface area (Å²) in [6.07, 6.45) is 0. The zero-order valence-corrected chi connectivity index (χ0v) is 11.0. The molecule has 0 aliphatic heterocycles. The number of benzene rings is 1. The van der Waals surface area contributed by atoms with Crippen LogP contribution in [0.15, 0.2) is 35.1 Å². The molecule has 0 spiro atoms. The minimum atomic E-state index is -0.162. The van der Waals surface area contributed by atoms with Crippen LogP contribution in [0.1, 0.15) is 32.0 Å². The maximum atomic E-state index is 12.0. The largest absolute Gasteiger partial charge is 0.393 e. The normalized spacial score (nSPS) is 11.7. The van der Waals surface area contributed by atoms with Crippen molar-refractivity contribution in [1.82, 2.24) is 9.78 Å². The summed E-state index contributed by atoms with van der Waals surface area (Å²) in [5, 5.41) is 3.12. The van der Waals surface area contributed by atoms with Gasteiger partial charge in [-0.1, -0.05) is 51.1 Å². The minimum absolute atomic E-state index is 0.149. The summed E-state index contributed by atoms with van der Waals surface area (Å²) in [5.74, 6) is 0. The van der Waals surface area contributed by atoms with Crippen LogP contribution in [-0.2, 0) is 12.0 Å². The Morgan fingerprint density at radius 3 is 2.33 bits per heavy atom. The van der Waals surface area contributed by atoms with E-state index in [4.69, 9.17) is 5.73 Å². The maximum absolute atomic E-state index is 12.0. The number of nitrogen functional groups attached to an aromatic ring is 1. The first-order valence-electron chi connectivity index (χ1n) is 6.02. The number of nitrogens with one attached hydrogen (secondary N) is 1. The van der Waals surface area contributed by atoms with Crippen LogP contribution in [0.4, 0.5) is 5.69 Å². The number of aromatic nitrogens is 2. The zero-order valence-electron chi connectivity index (χ0n) is 11.0. The Balaban J connectivity index is 2.39. The van der Waals surface area contributed by atoms with E-state index in [1.54, 1.807) is 4.68 Å². The van der Waals surface area contributed by atoms with Crippen LogP contribution in [0, 0.1) is 0 Å². The molecule has 1 aromatic carbocycles. The predicted molar refractivity (Wildman–Crippen MR) is 73.7 cm³/mol. The van der Waals surface area contributed by atoms with Gasteiger partial charge in [-0.25, -0.2) is 4.68 Å². The molecule has 0 fully saturated rings. The fraction of sp³-hybridized carbons (Fsp3) is 0.357. The lowest BCUT2D eigenvalue weighted by molar-refractivity contribution is 0.544. The highest BCUT2D eigenvalue weighted by molar-refractivity contribution is 5.44. The Labute approximate surface area is 106 Å². The molecule has 1 aromatic heterocycles. The van der Waals surface area contributed by atoms with Gasteiger partial charge in [-0.15, -0.1) is 0 Å². The van der Waals surface area contributed by atoms with Crippen molar-refractivity contribution in [2.45, 2.75) is 32.7 Å². The third-order valence-corrected chi connectivity index (χ3v) is 2.93. The first kappa shape index (κ1) is 12.5. The van der Waals surface area contributed by atoms with Crippen molar-refractivity contribution in [2.24, 2.45) is 0 Å². The van der Waals surface area contributed by atoms with Gasteiger partial charge < -0.3 is 5.73 Å². The lowest BCUT2D eigenvalue weighted by Crippen LogP contribution is -2.19. The monoisotopic (exact) mass is 245 g/mol. The molecule has 4 nitrogen and oxygen atoms in total. The van der Waals surface area contributed by atoms with Crippen LogP contribution in [0.25, 0.3) is 0 Å². The number of hydrogen-bond donors (Lipinski definition) is 2. The van der Waals surface area contributed by atoms with Gasteiger partial charge in [-0.3, -0.25) is 9.89 Å². The Morgan fingerprint density at radius 1 is 1.22 bits per heavy atom. The van der Waals surface area contributed by atoms with Crippen molar-refractivity contribution in [3.05, 3.63) is 51.9 Å². The van der Waals surface area contributed by atoms with Crippen molar-refractivity contribution in [2.75, 3.05) is 5.73 Å². The molecule has 1 heterocycles. The summed E-state index contributed by atoms with van der Waals surface area (Å²) < 4.78 is 1.56. The molecular weight excluding hydrogens is 226 g/mol. The Hall–Kier alpha value is -1.97. The van der Waals surface area contributed by atoms with Gasteiger partial charge in [-0.2, -0.15) is 0 Å². The average Bonchev–Trinajstić information content (AvgIpc) is 2.58. The third kappa shape index (κ3) is 2.32. The molecule has 2 rings (SSSR count). The van der Waals surface area contributed by atoms with Crippen molar-refractivity contribution >= 4 is 5.69 Å². The van der Waals surface area contributed by atoms with Crippen LogP contribution < -0.4 is 11.3 Å². The average molecular weight is 245 g/mol. The number of nitrogens with two attached hydrogens (primary N) is 1. The number of hydrogen-bond acceptors (Lipinski definition) is 2. The lowest BCUT2D eigenvalue weighted by Gasteiger charge is -2.16. The van der Waals surface area contributed by atoms with E-state index in [0.29, 0.717) is 12.2 Å². The molecule has 0 saturated heterocycles. The molecule has 4 heteroatoms. The van der Waals surface area contributed by atoms with Gasteiger partial charge in [-0.05, 0) is 5.56 Å². The van der Waals surface area contributed by atoms with Gasteiger partial charge in [0.05, 0.1) is 12.2 Å². The second kappa shape index (κ2) is 4.37. The SMILES string of the molecule is CC(C)(C)c1[nH]n(Cc2ccccc2)c(=O)c1N. The molecule has 0 atom stereocenters. The van der Waals surface area contributed by atoms with E-state index in [2.05, 4.69) is 5.10 Å². The second-order valence-corrected chi connectivity index (χ2v) is 5.53. The highest BCUT2D eigenvalue weighted by Crippen LogP contribution is 2.23. The zero-order chi connectivity index (χ0) is 13.3. The van der Waals surface area contributed by atoms with E-state index < -0.39 is 0 Å². The molecule has 0 amide bonds. The summed E-state index contributed by atoms with van der Waals surface area (Å²) in [5.41, 5.74) is 7.75. The van der Waals surface area contributed by atoms with Crippen LogP contribution in [-0.4, -0.2) is 9.78 Å². The van der Waals surface area contributed by atoms with E-state index in [9.17, 15) is 4.79 Å². The predicted octanol–water partition coefficient (Wildman–Crippen LogP) is 2.10. The molecule has 0 aliphatic rings. The molecule has 0 unspecified atom stereocenters. The van der Waals surface area contributed by atoms with Gasteiger partial charge in [0.15, 0.2) is 0 Å². The van der Waals surface area contributed by atoms with E-state index in [1.807, 2.05) is 51.1 Å². The van der Waals surface area contributed by atoms with Crippen LogP contribution in [0.3, 0.4) is 0 Å². The van der Waals surface area contributed by atoms with Crippen LogP contribution >= 0.6 is 0 Å². The van der Waals surface area contributed by atoms with Crippen molar-refractivity contribution < 1.29 is 0 Å². The quantitative estimate of drug-likeness (QED) is 0.851. The van der Waals surface area contributed by atoms with E-state index in [0.717, 1.165) is 11.3 Å². The first-order chi connectivity index (χ1) is 8.39. The summed E-state index contributed by atoms with van der Waals surface area (Å²) in [6, 6.07) is 9.84. The lowest BCUT2D eigenvalue weighted by atomic mass is 9.91. The summed E-state index contributed by atoms with van der Waals surface area (Å²) in [7, 11) is 0. The highest BCUT2D eigenvalue weighted by Gasteiger charge is 2.22. The van der Waals surface area contributed by atoms with Crippen molar-refractivity contribution in [3.8, 4) is 0 Å². The van der Waals surface area contributed by atoms with Crippen molar-refractivity contribution in [1.29, 1.82) is 0 Å². The van der Waals surface area contributed by atoms with Gasteiger partial charge >= 0.3 is 0 Å². The Kier molecular flexibility index (Phi) is 3.03. The number of H-pyrrole nitrogens is 1. The molecule has 3 N–H and O–H groups in total. The Bertz CT molecular complexity index is 588.